The maximum Gasteiger partial charge on any atom is 0.261 e. The van der Waals surface area contributed by atoms with Gasteiger partial charge in [0, 0.05) is 5.38 Å². The fourth-order valence-electron chi connectivity index (χ4n) is 2.69. The number of para-hydroxylation sites is 1. The molecule has 1 unspecified atom stereocenters. The molecule has 0 spiro atoms. The van der Waals surface area contributed by atoms with Crippen LogP contribution in [-0.4, -0.2) is 27.0 Å². The molecule has 1 atom stereocenters. The number of thiophene rings is 1. The maximum absolute atomic E-state index is 12.3. The Balaban J connectivity index is 1.36. The average Bonchev–Trinajstić information content (AvgIpc) is 3.30. The molecular formula is C17H16N4O2S. The maximum atomic E-state index is 12.3. The van der Waals surface area contributed by atoms with Gasteiger partial charge < -0.3 is 10.1 Å². The molecule has 1 amide bonds. The van der Waals surface area contributed by atoms with Crippen LogP contribution in [0.5, 0.6) is 5.75 Å². The average molecular weight is 340 g/mol. The molecule has 0 aliphatic carbocycles. The van der Waals surface area contributed by atoms with Crippen molar-refractivity contribution in [1.29, 1.82) is 0 Å². The summed E-state index contributed by atoms with van der Waals surface area (Å²) < 4.78 is 7.49. The predicted molar refractivity (Wildman–Crippen MR) is 90.3 cm³/mol. The molecule has 7 heteroatoms. The second kappa shape index (κ2) is 6.45. The summed E-state index contributed by atoms with van der Waals surface area (Å²) in [6, 6.07) is 9.81. The number of aryl methyl sites for hydroxylation is 1. The molecule has 6 nitrogen and oxygen atoms in total. The highest BCUT2D eigenvalue weighted by atomic mass is 32.1. The molecule has 2 aromatic heterocycles. The monoisotopic (exact) mass is 340 g/mol. The Morgan fingerprint density at radius 1 is 1.38 bits per heavy atom. The van der Waals surface area contributed by atoms with E-state index in [1.54, 1.807) is 16.0 Å². The van der Waals surface area contributed by atoms with E-state index in [1.807, 2.05) is 47.3 Å². The van der Waals surface area contributed by atoms with Crippen molar-refractivity contribution in [2.24, 2.45) is 0 Å². The molecule has 24 heavy (non-hydrogen) atoms. The Hall–Kier alpha value is -2.67. The van der Waals surface area contributed by atoms with Gasteiger partial charge in [-0.3, -0.25) is 4.79 Å². The molecule has 4 rings (SSSR count). The van der Waals surface area contributed by atoms with Gasteiger partial charge in [-0.2, -0.15) is 11.3 Å². The van der Waals surface area contributed by atoms with Gasteiger partial charge in [0.1, 0.15) is 11.4 Å². The Morgan fingerprint density at radius 3 is 3.17 bits per heavy atom. The first-order valence-corrected chi connectivity index (χ1v) is 8.70. The molecule has 0 fully saturated rings. The van der Waals surface area contributed by atoms with E-state index in [9.17, 15) is 4.79 Å². The van der Waals surface area contributed by atoms with Crippen LogP contribution in [0.25, 0.3) is 5.69 Å². The summed E-state index contributed by atoms with van der Waals surface area (Å²) in [5, 5.41) is 15.0. The number of amides is 1. The van der Waals surface area contributed by atoms with E-state index in [2.05, 4.69) is 15.6 Å². The molecule has 122 valence electrons. The van der Waals surface area contributed by atoms with Gasteiger partial charge in [0.25, 0.3) is 5.91 Å². The lowest BCUT2D eigenvalue weighted by Crippen LogP contribution is -2.40. The first-order valence-electron chi connectivity index (χ1n) is 7.76. The second-order valence-electron chi connectivity index (χ2n) is 5.61. The van der Waals surface area contributed by atoms with Crippen molar-refractivity contribution in [2.75, 3.05) is 0 Å². The van der Waals surface area contributed by atoms with Crippen LogP contribution >= 0.6 is 11.3 Å². The van der Waals surface area contributed by atoms with Crippen LogP contribution < -0.4 is 10.1 Å². The number of ether oxygens (including phenoxy) is 1. The fourth-order valence-corrected chi connectivity index (χ4v) is 3.32. The predicted octanol–water partition coefficient (Wildman–Crippen LogP) is 2.34. The molecule has 0 radical (unpaired) electrons. The molecule has 1 aliphatic heterocycles. The molecule has 0 saturated heterocycles. The minimum absolute atomic E-state index is 0.116. The third-order valence-corrected chi connectivity index (χ3v) is 4.64. The molecule has 1 aliphatic rings. The van der Waals surface area contributed by atoms with E-state index < -0.39 is 6.10 Å². The second-order valence-corrected chi connectivity index (χ2v) is 6.39. The molecule has 0 saturated carbocycles. The summed E-state index contributed by atoms with van der Waals surface area (Å²) in [4.78, 5) is 12.3. The quantitative estimate of drug-likeness (QED) is 0.791. The summed E-state index contributed by atoms with van der Waals surface area (Å²) in [7, 11) is 0. The van der Waals surface area contributed by atoms with Gasteiger partial charge in [0.2, 0.25) is 0 Å². The standard InChI is InChI=1S/C17H16N4O2S/c22-17(16-6-5-12-3-1-2-4-15(12)23-16)18-9-13-10-21(20-19-13)14-7-8-24-11-14/h1-4,7-8,10-11,16H,5-6,9H2,(H,18,22). The van der Waals surface area contributed by atoms with E-state index in [-0.39, 0.29) is 5.91 Å². The van der Waals surface area contributed by atoms with Crippen LogP contribution in [0.2, 0.25) is 0 Å². The number of nitrogens with one attached hydrogen (secondary N) is 1. The molecule has 3 aromatic rings. The minimum Gasteiger partial charge on any atom is -0.480 e. The molecular weight excluding hydrogens is 324 g/mol. The van der Waals surface area contributed by atoms with Crippen molar-refractivity contribution in [1.82, 2.24) is 20.3 Å². The van der Waals surface area contributed by atoms with E-state index >= 15 is 0 Å². The van der Waals surface area contributed by atoms with Crippen LogP contribution in [0.3, 0.4) is 0 Å². The highest BCUT2D eigenvalue weighted by Gasteiger charge is 2.25. The highest BCUT2D eigenvalue weighted by molar-refractivity contribution is 7.08. The van der Waals surface area contributed by atoms with Gasteiger partial charge in [-0.25, -0.2) is 4.68 Å². The van der Waals surface area contributed by atoms with Crippen LogP contribution in [0.4, 0.5) is 0 Å². The van der Waals surface area contributed by atoms with Crippen molar-refractivity contribution in [3.05, 3.63) is 58.5 Å². The Labute approximate surface area is 143 Å². The fraction of sp³-hybridized carbons (Fsp3) is 0.235. The zero-order valence-electron chi connectivity index (χ0n) is 12.9. The van der Waals surface area contributed by atoms with Gasteiger partial charge in [-0.15, -0.1) is 5.10 Å². The Bertz CT molecular complexity index is 844. The van der Waals surface area contributed by atoms with Crippen molar-refractivity contribution < 1.29 is 9.53 Å². The van der Waals surface area contributed by atoms with E-state index in [4.69, 9.17) is 4.74 Å². The Kier molecular flexibility index (Phi) is 4.00. The van der Waals surface area contributed by atoms with Crippen molar-refractivity contribution in [2.45, 2.75) is 25.5 Å². The number of fused-ring (bicyclic) bond motifs is 1. The van der Waals surface area contributed by atoms with Gasteiger partial charge >= 0.3 is 0 Å². The third kappa shape index (κ3) is 3.03. The van der Waals surface area contributed by atoms with Gasteiger partial charge in [-0.1, -0.05) is 23.4 Å². The summed E-state index contributed by atoms with van der Waals surface area (Å²) >= 11 is 1.60. The summed E-state index contributed by atoms with van der Waals surface area (Å²) in [5.74, 6) is 0.682. The van der Waals surface area contributed by atoms with Crippen molar-refractivity contribution >= 4 is 17.2 Å². The van der Waals surface area contributed by atoms with Crippen LogP contribution in [0.15, 0.2) is 47.3 Å². The lowest BCUT2D eigenvalue weighted by Gasteiger charge is -2.25. The molecule has 1 N–H and O–H groups in total. The van der Waals surface area contributed by atoms with Crippen molar-refractivity contribution in [3.63, 3.8) is 0 Å². The topological polar surface area (TPSA) is 69.0 Å². The van der Waals surface area contributed by atoms with E-state index in [0.29, 0.717) is 18.7 Å². The smallest absolute Gasteiger partial charge is 0.261 e. The van der Waals surface area contributed by atoms with Crippen LogP contribution in [-0.2, 0) is 17.8 Å². The number of carbonyl (C=O) groups is 1. The number of aromatic nitrogens is 3. The Morgan fingerprint density at radius 2 is 2.29 bits per heavy atom. The summed E-state index contributed by atoms with van der Waals surface area (Å²) in [6.45, 7) is 0.338. The molecule has 0 bridgehead atoms. The highest BCUT2D eigenvalue weighted by Crippen LogP contribution is 2.27. The van der Waals surface area contributed by atoms with Gasteiger partial charge in [-0.05, 0) is 35.9 Å². The number of carbonyl (C=O) groups excluding carboxylic acids is 1. The normalized spacial score (nSPS) is 16.2. The number of nitrogens with zero attached hydrogens (tertiary/aromatic N) is 3. The number of benzene rings is 1. The molecule has 3 heterocycles. The SMILES string of the molecule is O=C(NCc1cn(-c2ccsc2)nn1)C1CCc2ccccc2O1. The molecule has 1 aromatic carbocycles. The lowest BCUT2D eigenvalue weighted by molar-refractivity contribution is -0.128. The zero-order valence-corrected chi connectivity index (χ0v) is 13.7. The van der Waals surface area contributed by atoms with Crippen molar-refractivity contribution in [3.8, 4) is 11.4 Å². The van der Waals surface area contributed by atoms with Crippen LogP contribution in [0, 0.1) is 0 Å². The first kappa shape index (κ1) is 14.9. The number of hydrogen-bond acceptors (Lipinski definition) is 5. The van der Waals surface area contributed by atoms with Gasteiger partial charge in [0.05, 0.1) is 18.4 Å². The van der Waals surface area contributed by atoms with Crippen LogP contribution in [0.1, 0.15) is 17.7 Å². The van der Waals surface area contributed by atoms with E-state index in [0.717, 1.165) is 23.4 Å². The third-order valence-electron chi connectivity index (χ3n) is 3.97. The van der Waals surface area contributed by atoms with E-state index in [1.165, 1.54) is 0 Å². The number of rotatable bonds is 4. The first-order chi connectivity index (χ1) is 11.8. The van der Waals surface area contributed by atoms with Gasteiger partial charge in [0.15, 0.2) is 6.10 Å². The summed E-state index contributed by atoms with van der Waals surface area (Å²) in [5.41, 5.74) is 2.84. The summed E-state index contributed by atoms with van der Waals surface area (Å²) in [6.07, 6.45) is 2.90. The minimum atomic E-state index is -0.452. The lowest BCUT2D eigenvalue weighted by atomic mass is 10.0. The zero-order chi connectivity index (χ0) is 16.4. The largest absolute Gasteiger partial charge is 0.480 e. The number of hydrogen-bond donors (Lipinski definition) is 1.